The van der Waals surface area contributed by atoms with Crippen LogP contribution in [0.2, 0.25) is 0 Å². The molecule has 0 spiro atoms. The lowest BCUT2D eigenvalue weighted by Crippen LogP contribution is -2.48. The smallest absolute Gasteiger partial charge is 0.191 e. The van der Waals surface area contributed by atoms with Crippen LogP contribution in [0.5, 0.6) is 0 Å². The molecule has 1 aromatic heterocycles. The van der Waals surface area contributed by atoms with Crippen molar-refractivity contribution in [3.63, 3.8) is 0 Å². The molecule has 1 saturated carbocycles. The van der Waals surface area contributed by atoms with Crippen LogP contribution < -0.4 is 15.5 Å². The molecule has 5 nitrogen and oxygen atoms in total. The maximum absolute atomic E-state index is 6.02. The standard InChI is InChI=1S/C23H40N4OS/c1-2-24-23(25-15-7-4-8-18-28-21-10-5-3-6-11-21)26-20-13-16-27(17-14-20)22-12-9-19-29-22/h9,12,19-21H,2-8,10-11,13-18H2,1H3,(H2,24,25,26). The first-order valence-corrected chi connectivity index (χ1v) is 12.7. The summed E-state index contributed by atoms with van der Waals surface area (Å²) in [5, 5.41) is 10.6. The number of hydrogen-bond acceptors (Lipinski definition) is 4. The fourth-order valence-electron chi connectivity index (χ4n) is 4.27. The predicted octanol–water partition coefficient (Wildman–Crippen LogP) is 4.79. The van der Waals surface area contributed by atoms with E-state index >= 15 is 0 Å². The Morgan fingerprint density at radius 3 is 2.69 bits per heavy atom. The predicted molar refractivity (Wildman–Crippen MR) is 125 cm³/mol. The summed E-state index contributed by atoms with van der Waals surface area (Å²) in [6.45, 7) is 7.12. The second kappa shape index (κ2) is 13.1. The highest BCUT2D eigenvalue weighted by molar-refractivity contribution is 7.14. The molecule has 2 fully saturated rings. The molecule has 1 saturated heterocycles. The van der Waals surface area contributed by atoms with Crippen molar-refractivity contribution in [2.75, 3.05) is 37.7 Å². The van der Waals surface area contributed by atoms with Crippen LogP contribution in [0.3, 0.4) is 0 Å². The molecule has 2 heterocycles. The third kappa shape index (κ3) is 8.17. The summed E-state index contributed by atoms with van der Waals surface area (Å²) in [6, 6.07) is 4.89. The molecule has 0 amide bonds. The van der Waals surface area contributed by atoms with Gasteiger partial charge >= 0.3 is 0 Å². The summed E-state index contributed by atoms with van der Waals surface area (Å²) in [5.74, 6) is 0.987. The highest BCUT2D eigenvalue weighted by Crippen LogP contribution is 2.24. The van der Waals surface area contributed by atoms with Crippen molar-refractivity contribution in [1.82, 2.24) is 10.6 Å². The number of hydrogen-bond donors (Lipinski definition) is 2. The quantitative estimate of drug-likeness (QED) is 0.324. The number of anilines is 1. The zero-order chi connectivity index (χ0) is 20.2. The summed E-state index contributed by atoms with van der Waals surface area (Å²) in [5.41, 5.74) is 0. The SMILES string of the molecule is CCNC(=NCCCCCOC1CCCCC1)NC1CCN(c2cccs2)CC1. The molecule has 6 heteroatoms. The number of thiophene rings is 1. The van der Waals surface area contributed by atoms with Gasteiger partial charge in [-0.05, 0) is 69.4 Å². The number of piperidine rings is 1. The van der Waals surface area contributed by atoms with Crippen molar-refractivity contribution in [3.05, 3.63) is 17.5 Å². The van der Waals surface area contributed by atoms with Gasteiger partial charge in [-0.3, -0.25) is 4.99 Å². The highest BCUT2D eigenvalue weighted by atomic mass is 32.1. The van der Waals surface area contributed by atoms with E-state index in [9.17, 15) is 0 Å². The number of unbranched alkanes of at least 4 members (excludes halogenated alkanes) is 2. The van der Waals surface area contributed by atoms with Gasteiger partial charge in [-0.25, -0.2) is 0 Å². The van der Waals surface area contributed by atoms with E-state index in [4.69, 9.17) is 9.73 Å². The Balaban J connectivity index is 1.28. The molecule has 0 bridgehead atoms. The van der Waals surface area contributed by atoms with Crippen LogP contribution in [0.15, 0.2) is 22.5 Å². The molecule has 0 unspecified atom stereocenters. The molecule has 2 N–H and O–H groups in total. The Kier molecular flexibility index (Phi) is 10.1. The summed E-state index contributed by atoms with van der Waals surface area (Å²) >= 11 is 1.84. The molecule has 1 aromatic rings. The van der Waals surface area contributed by atoms with Crippen molar-refractivity contribution in [1.29, 1.82) is 0 Å². The zero-order valence-electron chi connectivity index (χ0n) is 18.2. The van der Waals surface area contributed by atoms with Crippen LogP contribution in [0.1, 0.15) is 71.1 Å². The first kappa shape index (κ1) is 22.4. The van der Waals surface area contributed by atoms with Crippen LogP contribution in [-0.2, 0) is 4.74 Å². The number of rotatable bonds is 10. The summed E-state index contributed by atoms with van der Waals surface area (Å²) in [4.78, 5) is 7.31. The number of aliphatic imine (C=N–C) groups is 1. The maximum Gasteiger partial charge on any atom is 0.191 e. The van der Waals surface area contributed by atoms with Gasteiger partial charge < -0.3 is 20.3 Å². The number of ether oxygens (including phenoxy) is 1. The Labute approximate surface area is 181 Å². The monoisotopic (exact) mass is 420 g/mol. The maximum atomic E-state index is 6.02. The van der Waals surface area contributed by atoms with E-state index in [0.29, 0.717) is 12.1 Å². The third-order valence-electron chi connectivity index (χ3n) is 5.98. The molecule has 29 heavy (non-hydrogen) atoms. The number of nitrogens with zero attached hydrogens (tertiary/aromatic N) is 2. The van der Waals surface area contributed by atoms with Crippen LogP contribution in [0.4, 0.5) is 5.00 Å². The largest absolute Gasteiger partial charge is 0.378 e. The Bertz CT molecular complexity index is 563. The molecule has 0 radical (unpaired) electrons. The van der Waals surface area contributed by atoms with Gasteiger partial charge in [-0.15, -0.1) is 11.3 Å². The second-order valence-corrected chi connectivity index (χ2v) is 9.24. The van der Waals surface area contributed by atoms with Crippen LogP contribution in [0, 0.1) is 0 Å². The second-order valence-electron chi connectivity index (χ2n) is 8.31. The van der Waals surface area contributed by atoms with Gasteiger partial charge in [0, 0.05) is 38.8 Å². The van der Waals surface area contributed by atoms with E-state index in [-0.39, 0.29) is 0 Å². The number of guanidine groups is 1. The zero-order valence-corrected chi connectivity index (χ0v) is 19.0. The minimum absolute atomic E-state index is 0.521. The van der Waals surface area contributed by atoms with Crippen molar-refractivity contribution >= 4 is 22.3 Å². The van der Waals surface area contributed by atoms with Gasteiger partial charge in [0.2, 0.25) is 0 Å². The average molecular weight is 421 g/mol. The Hall–Kier alpha value is -1.27. The van der Waals surface area contributed by atoms with E-state index in [1.54, 1.807) is 0 Å². The molecule has 2 aliphatic rings. The van der Waals surface area contributed by atoms with Crippen molar-refractivity contribution < 1.29 is 4.74 Å². The normalized spacial score (nSPS) is 19.5. The highest BCUT2D eigenvalue weighted by Gasteiger charge is 2.20. The summed E-state index contributed by atoms with van der Waals surface area (Å²) in [7, 11) is 0. The van der Waals surface area contributed by atoms with Gasteiger partial charge in [0.25, 0.3) is 0 Å². The minimum atomic E-state index is 0.521. The lowest BCUT2D eigenvalue weighted by Gasteiger charge is -2.33. The Morgan fingerprint density at radius 1 is 1.14 bits per heavy atom. The third-order valence-corrected chi connectivity index (χ3v) is 6.90. The molecule has 164 valence electrons. The van der Waals surface area contributed by atoms with E-state index in [2.05, 4.69) is 40.0 Å². The molecule has 1 aliphatic carbocycles. The van der Waals surface area contributed by atoms with Gasteiger partial charge in [0.05, 0.1) is 11.1 Å². The molecule has 0 aromatic carbocycles. The molecule has 1 aliphatic heterocycles. The molecule has 3 rings (SSSR count). The van der Waals surface area contributed by atoms with E-state index in [1.807, 2.05) is 11.3 Å². The minimum Gasteiger partial charge on any atom is -0.378 e. The lowest BCUT2D eigenvalue weighted by molar-refractivity contribution is 0.0264. The van der Waals surface area contributed by atoms with E-state index in [0.717, 1.165) is 51.6 Å². The topological polar surface area (TPSA) is 48.9 Å². The van der Waals surface area contributed by atoms with Crippen LogP contribution in [-0.4, -0.2) is 50.9 Å². The molecule has 0 atom stereocenters. The summed E-state index contributed by atoms with van der Waals surface area (Å²) in [6.07, 6.45) is 13.0. The summed E-state index contributed by atoms with van der Waals surface area (Å²) < 4.78 is 6.02. The van der Waals surface area contributed by atoms with Gasteiger partial charge in [0.15, 0.2) is 5.96 Å². The first-order chi connectivity index (χ1) is 14.3. The average Bonchev–Trinajstić information content (AvgIpc) is 3.29. The molecular formula is C23H40N4OS. The fourth-order valence-corrected chi connectivity index (χ4v) is 5.06. The van der Waals surface area contributed by atoms with Crippen LogP contribution >= 0.6 is 11.3 Å². The molecular weight excluding hydrogens is 380 g/mol. The number of nitrogens with one attached hydrogen (secondary N) is 2. The van der Waals surface area contributed by atoms with Gasteiger partial charge in [-0.2, -0.15) is 0 Å². The lowest BCUT2D eigenvalue weighted by atomic mass is 9.98. The van der Waals surface area contributed by atoms with Crippen LogP contribution in [0.25, 0.3) is 0 Å². The van der Waals surface area contributed by atoms with Gasteiger partial charge in [-0.1, -0.05) is 19.3 Å². The van der Waals surface area contributed by atoms with E-state index < -0.39 is 0 Å². The fraction of sp³-hybridized carbons (Fsp3) is 0.783. The van der Waals surface area contributed by atoms with Crippen molar-refractivity contribution in [2.45, 2.75) is 83.3 Å². The Morgan fingerprint density at radius 2 is 1.97 bits per heavy atom. The van der Waals surface area contributed by atoms with Crippen molar-refractivity contribution in [3.8, 4) is 0 Å². The van der Waals surface area contributed by atoms with Gasteiger partial charge in [0.1, 0.15) is 0 Å². The first-order valence-electron chi connectivity index (χ1n) is 11.8. The van der Waals surface area contributed by atoms with Crippen molar-refractivity contribution in [2.24, 2.45) is 4.99 Å². The van der Waals surface area contributed by atoms with E-state index in [1.165, 1.54) is 56.4 Å².